The zero-order chi connectivity index (χ0) is 13.8. The Morgan fingerprint density at radius 1 is 1.37 bits per heavy atom. The van der Waals surface area contributed by atoms with Crippen molar-refractivity contribution in [3.05, 3.63) is 23.4 Å². The largest absolute Gasteiger partial charge is 0.373 e. The van der Waals surface area contributed by atoms with Crippen molar-refractivity contribution in [3.63, 3.8) is 0 Å². The third kappa shape index (κ3) is 3.94. The van der Waals surface area contributed by atoms with Crippen LogP contribution in [0, 0.1) is 6.92 Å². The Morgan fingerprint density at radius 3 is 2.74 bits per heavy atom. The van der Waals surface area contributed by atoms with Crippen LogP contribution in [0.1, 0.15) is 28.9 Å². The molecule has 0 unspecified atom stereocenters. The van der Waals surface area contributed by atoms with Gasteiger partial charge >= 0.3 is 0 Å². The normalized spacial score (nSPS) is 13.8. The van der Waals surface area contributed by atoms with Crippen LogP contribution >= 0.6 is 0 Å². The molecule has 1 aromatic heterocycles. The molecule has 0 spiro atoms. The first kappa shape index (κ1) is 13.3. The van der Waals surface area contributed by atoms with Crippen LogP contribution in [0.3, 0.4) is 0 Å². The number of anilines is 1. The van der Waals surface area contributed by atoms with Crippen LogP contribution in [-0.2, 0) is 4.79 Å². The van der Waals surface area contributed by atoms with Crippen LogP contribution in [-0.4, -0.2) is 36.4 Å². The fourth-order valence-electron chi connectivity index (χ4n) is 1.70. The zero-order valence-corrected chi connectivity index (χ0v) is 11.1. The Morgan fingerprint density at radius 2 is 2.11 bits per heavy atom. The molecule has 1 aliphatic rings. The molecular weight excluding hydrogens is 244 g/mol. The summed E-state index contributed by atoms with van der Waals surface area (Å²) in [6.45, 7) is 1.82. The topological polar surface area (TPSA) is 83.1 Å². The van der Waals surface area contributed by atoms with Crippen molar-refractivity contribution in [1.29, 1.82) is 0 Å². The van der Waals surface area contributed by atoms with Gasteiger partial charge in [0.15, 0.2) is 0 Å². The van der Waals surface area contributed by atoms with Crippen LogP contribution in [0.15, 0.2) is 12.1 Å². The number of hydrogen-bond donors (Lipinski definition) is 3. The molecule has 0 radical (unpaired) electrons. The van der Waals surface area contributed by atoms with Gasteiger partial charge in [0.05, 0.1) is 6.54 Å². The van der Waals surface area contributed by atoms with Crippen LogP contribution in [0.25, 0.3) is 0 Å². The van der Waals surface area contributed by atoms with E-state index in [0.29, 0.717) is 17.4 Å². The number of rotatable bonds is 5. The highest BCUT2D eigenvalue weighted by Gasteiger charge is 2.23. The van der Waals surface area contributed by atoms with E-state index in [1.165, 1.54) is 0 Å². The number of hydrogen-bond acceptors (Lipinski definition) is 4. The molecule has 2 amide bonds. The van der Waals surface area contributed by atoms with Gasteiger partial charge in [-0.1, -0.05) is 0 Å². The number of nitrogens with one attached hydrogen (secondary N) is 3. The minimum absolute atomic E-state index is 0.00555. The summed E-state index contributed by atoms with van der Waals surface area (Å²) in [5.74, 6) is 0.219. The first-order chi connectivity index (χ1) is 9.08. The van der Waals surface area contributed by atoms with Crippen molar-refractivity contribution >= 4 is 17.6 Å². The van der Waals surface area contributed by atoms with Crippen molar-refractivity contribution in [2.24, 2.45) is 0 Å². The maximum absolute atomic E-state index is 11.9. The van der Waals surface area contributed by atoms with Gasteiger partial charge in [0.25, 0.3) is 5.91 Å². The van der Waals surface area contributed by atoms with E-state index < -0.39 is 0 Å². The van der Waals surface area contributed by atoms with Crippen LogP contribution in [0.4, 0.5) is 5.82 Å². The number of aromatic nitrogens is 1. The molecule has 0 saturated heterocycles. The molecule has 0 aromatic carbocycles. The Kier molecular flexibility index (Phi) is 3.99. The van der Waals surface area contributed by atoms with Gasteiger partial charge in [0.1, 0.15) is 5.82 Å². The van der Waals surface area contributed by atoms with Crippen LogP contribution < -0.4 is 16.0 Å². The van der Waals surface area contributed by atoms with Crippen molar-refractivity contribution in [1.82, 2.24) is 15.6 Å². The lowest BCUT2D eigenvalue weighted by atomic mass is 10.2. The predicted molar refractivity (Wildman–Crippen MR) is 72.0 cm³/mol. The molecule has 6 heteroatoms. The standard InChI is InChI=1S/C13H18N4O2/c1-8-5-9(6-11(14-2)16-8)13(19)15-7-12(18)17-10-3-4-10/h5-6,10H,3-4,7H2,1-2H3,(H,14,16)(H,15,19)(H,17,18). The summed E-state index contributed by atoms with van der Waals surface area (Å²) in [4.78, 5) is 27.6. The first-order valence-corrected chi connectivity index (χ1v) is 6.32. The average Bonchev–Trinajstić information content (AvgIpc) is 3.19. The highest BCUT2D eigenvalue weighted by Crippen LogP contribution is 2.18. The molecule has 0 aliphatic heterocycles. The maximum atomic E-state index is 11.9. The summed E-state index contributed by atoms with van der Waals surface area (Å²) in [5, 5.41) is 8.31. The summed E-state index contributed by atoms with van der Waals surface area (Å²) >= 11 is 0. The fraction of sp³-hybridized carbons (Fsp3) is 0.462. The number of pyridine rings is 1. The van der Waals surface area contributed by atoms with Gasteiger partial charge in [-0.2, -0.15) is 0 Å². The van der Waals surface area contributed by atoms with E-state index in [0.717, 1.165) is 18.5 Å². The molecular formula is C13H18N4O2. The van der Waals surface area contributed by atoms with Crippen LogP contribution in [0.2, 0.25) is 0 Å². The van der Waals surface area contributed by atoms with Crippen molar-refractivity contribution in [2.75, 3.05) is 18.9 Å². The minimum atomic E-state index is -0.270. The molecule has 19 heavy (non-hydrogen) atoms. The monoisotopic (exact) mass is 262 g/mol. The van der Waals surface area contributed by atoms with Gasteiger partial charge in [-0.15, -0.1) is 0 Å². The van der Waals surface area contributed by atoms with E-state index in [1.54, 1.807) is 19.2 Å². The summed E-state index contributed by atoms with van der Waals surface area (Å²) in [7, 11) is 1.74. The number of carbonyl (C=O) groups excluding carboxylic acids is 2. The molecule has 1 aromatic rings. The van der Waals surface area contributed by atoms with Gasteiger partial charge in [0.2, 0.25) is 5.91 Å². The molecule has 0 atom stereocenters. The van der Waals surface area contributed by atoms with E-state index in [4.69, 9.17) is 0 Å². The predicted octanol–water partition coefficient (Wildman–Crippen LogP) is 0.440. The van der Waals surface area contributed by atoms with Gasteiger partial charge < -0.3 is 16.0 Å². The number of carbonyl (C=O) groups is 2. The van der Waals surface area contributed by atoms with E-state index in [1.807, 2.05) is 6.92 Å². The summed E-state index contributed by atoms with van der Waals surface area (Å²) in [6.07, 6.45) is 2.07. The highest BCUT2D eigenvalue weighted by atomic mass is 16.2. The Bertz CT molecular complexity index is 497. The third-order valence-corrected chi connectivity index (χ3v) is 2.82. The number of aryl methyl sites for hydroxylation is 1. The van der Waals surface area contributed by atoms with Gasteiger partial charge in [-0.25, -0.2) is 4.98 Å². The molecule has 1 aliphatic carbocycles. The third-order valence-electron chi connectivity index (χ3n) is 2.82. The molecule has 2 rings (SSSR count). The second-order valence-corrected chi connectivity index (χ2v) is 4.66. The molecule has 1 fully saturated rings. The number of amides is 2. The lowest BCUT2D eigenvalue weighted by molar-refractivity contribution is -0.120. The second kappa shape index (κ2) is 5.69. The quantitative estimate of drug-likeness (QED) is 0.719. The van der Waals surface area contributed by atoms with E-state index >= 15 is 0 Å². The Hall–Kier alpha value is -2.11. The van der Waals surface area contributed by atoms with E-state index in [-0.39, 0.29) is 18.4 Å². The molecule has 6 nitrogen and oxygen atoms in total. The van der Waals surface area contributed by atoms with E-state index in [2.05, 4.69) is 20.9 Å². The summed E-state index contributed by atoms with van der Waals surface area (Å²) in [6, 6.07) is 3.65. The average molecular weight is 262 g/mol. The molecule has 102 valence electrons. The van der Waals surface area contributed by atoms with Crippen molar-refractivity contribution in [3.8, 4) is 0 Å². The number of nitrogens with zero attached hydrogens (tertiary/aromatic N) is 1. The van der Waals surface area contributed by atoms with Crippen LogP contribution in [0.5, 0.6) is 0 Å². The lowest BCUT2D eigenvalue weighted by Gasteiger charge is -2.08. The summed E-state index contributed by atoms with van der Waals surface area (Å²) < 4.78 is 0. The van der Waals surface area contributed by atoms with E-state index in [9.17, 15) is 9.59 Å². The molecule has 0 bridgehead atoms. The molecule has 3 N–H and O–H groups in total. The van der Waals surface area contributed by atoms with Gasteiger partial charge in [0, 0.05) is 24.3 Å². The molecule has 1 saturated carbocycles. The zero-order valence-electron chi connectivity index (χ0n) is 11.1. The first-order valence-electron chi connectivity index (χ1n) is 6.32. The van der Waals surface area contributed by atoms with Crippen molar-refractivity contribution < 1.29 is 9.59 Å². The smallest absolute Gasteiger partial charge is 0.251 e. The summed E-state index contributed by atoms with van der Waals surface area (Å²) in [5.41, 5.74) is 1.25. The Balaban J connectivity index is 1.91. The highest BCUT2D eigenvalue weighted by molar-refractivity contribution is 5.97. The Labute approximate surface area is 112 Å². The fourth-order valence-corrected chi connectivity index (χ4v) is 1.70. The van der Waals surface area contributed by atoms with Crippen molar-refractivity contribution in [2.45, 2.75) is 25.8 Å². The maximum Gasteiger partial charge on any atom is 0.251 e. The molecule has 1 heterocycles. The lowest BCUT2D eigenvalue weighted by Crippen LogP contribution is -2.37. The second-order valence-electron chi connectivity index (χ2n) is 4.66. The van der Waals surface area contributed by atoms with Gasteiger partial charge in [-0.3, -0.25) is 9.59 Å². The van der Waals surface area contributed by atoms with Gasteiger partial charge in [-0.05, 0) is 31.9 Å². The minimum Gasteiger partial charge on any atom is -0.373 e. The SMILES string of the molecule is CNc1cc(C(=O)NCC(=O)NC2CC2)cc(C)n1.